The quantitative estimate of drug-likeness (QED) is 0.709. The van der Waals surface area contributed by atoms with Gasteiger partial charge in [-0.3, -0.25) is 0 Å². The van der Waals surface area contributed by atoms with Gasteiger partial charge in [0.15, 0.2) is 0 Å². The van der Waals surface area contributed by atoms with Crippen LogP contribution in [0.1, 0.15) is 42.4 Å². The third-order valence-electron chi connectivity index (χ3n) is 4.92. The van der Waals surface area contributed by atoms with E-state index in [4.69, 9.17) is 0 Å². The second-order valence-electron chi connectivity index (χ2n) is 6.58. The van der Waals surface area contributed by atoms with Crippen LogP contribution in [0.5, 0.6) is 0 Å². The molecule has 1 heteroatoms. The fourth-order valence-corrected chi connectivity index (χ4v) is 3.46. The Morgan fingerprint density at radius 1 is 1.00 bits per heavy atom. The van der Waals surface area contributed by atoms with Gasteiger partial charge in [-0.05, 0) is 68.0 Å². The molecule has 1 heterocycles. The fourth-order valence-electron chi connectivity index (χ4n) is 3.46. The minimum Gasteiger partial charge on any atom is -0.374 e. The number of hydrogen-bond acceptors (Lipinski definition) is 1. The standard InChI is InChI=1S/C22H27N/c1-19-9-5-6-12-21(19)16-18-23-17-8-7-13-22(23)15-14-20-10-3-2-4-11-20/h2-6,9-12,16,18,22H,7-8,13-15,17H2,1H3. The van der Waals surface area contributed by atoms with Crippen molar-refractivity contribution in [3.8, 4) is 0 Å². The van der Waals surface area contributed by atoms with Crippen LogP contribution in [-0.4, -0.2) is 17.5 Å². The summed E-state index contributed by atoms with van der Waals surface area (Å²) in [6.07, 6.45) is 11.1. The molecule has 0 aromatic heterocycles. The number of aryl methyl sites for hydroxylation is 2. The minimum absolute atomic E-state index is 0.684. The maximum absolute atomic E-state index is 2.57. The highest BCUT2D eigenvalue weighted by Gasteiger charge is 2.19. The van der Waals surface area contributed by atoms with Crippen molar-refractivity contribution in [1.29, 1.82) is 0 Å². The van der Waals surface area contributed by atoms with Gasteiger partial charge in [0, 0.05) is 12.6 Å². The zero-order chi connectivity index (χ0) is 15.9. The fraction of sp³-hybridized carbons (Fsp3) is 0.364. The predicted octanol–water partition coefficient (Wildman–Crippen LogP) is 5.45. The lowest BCUT2D eigenvalue weighted by molar-refractivity contribution is 0.204. The van der Waals surface area contributed by atoms with E-state index >= 15 is 0 Å². The van der Waals surface area contributed by atoms with Crippen LogP contribution in [-0.2, 0) is 6.42 Å². The third kappa shape index (κ3) is 4.48. The summed E-state index contributed by atoms with van der Waals surface area (Å²) >= 11 is 0. The minimum atomic E-state index is 0.684. The molecule has 0 bridgehead atoms. The molecular weight excluding hydrogens is 278 g/mol. The lowest BCUT2D eigenvalue weighted by Crippen LogP contribution is -2.35. The first kappa shape index (κ1) is 15.9. The zero-order valence-electron chi connectivity index (χ0n) is 14.1. The molecule has 1 fully saturated rings. The third-order valence-corrected chi connectivity index (χ3v) is 4.92. The Kier molecular flexibility index (Phi) is 5.52. The van der Waals surface area contributed by atoms with E-state index in [1.165, 1.54) is 55.3 Å². The van der Waals surface area contributed by atoms with Crippen molar-refractivity contribution >= 4 is 6.08 Å². The van der Waals surface area contributed by atoms with Crippen LogP contribution >= 0.6 is 0 Å². The van der Waals surface area contributed by atoms with E-state index in [1.807, 2.05) is 0 Å². The Morgan fingerprint density at radius 2 is 1.78 bits per heavy atom. The van der Waals surface area contributed by atoms with Crippen molar-refractivity contribution in [2.45, 2.75) is 45.1 Å². The van der Waals surface area contributed by atoms with E-state index < -0.39 is 0 Å². The van der Waals surface area contributed by atoms with Crippen molar-refractivity contribution in [2.24, 2.45) is 0 Å². The van der Waals surface area contributed by atoms with Gasteiger partial charge in [0.05, 0.1) is 0 Å². The van der Waals surface area contributed by atoms with E-state index in [1.54, 1.807) is 0 Å². The van der Waals surface area contributed by atoms with Crippen LogP contribution < -0.4 is 0 Å². The lowest BCUT2D eigenvalue weighted by Gasteiger charge is -2.35. The molecular formula is C22H27N. The normalized spacial score (nSPS) is 18.5. The zero-order valence-corrected chi connectivity index (χ0v) is 14.1. The molecule has 0 N–H and O–H groups in total. The van der Waals surface area contributed by atoms with E-state index in [2.05, 4.69) is 78.7 Å². The molecule has 2 aromatic carbocycles. The van der Waals surface area contributed by atoms with Gasteiger partial charge in [0.25, 0.3) is 0 Å². The van der Waals surface area contributed by atoms with Crippen LogP contribution in [0.25, 0.3) is 6.08 Å². The topological polar surface area (TPSA) is 3.24 Å². The maximum atomic E-state index is 2.57. The molecule has 0 spiro atoms. The summed E-state index contributed by atoms with van der Waals surface area (Å²) in [4.78, 5) is 2.57. The van der Waals surface area contributed by atoms with Crippen molar-refractivity contribution in [1.82, 2.24) is 4.90 Å². The van der Waals surface area contributed by atoms with Crippen LogP contribution in [0.3, 0.4) is 0 Å². The van der Waals surface area contributed by atoms with Crippen molar-refractivity contribution < 1.29 is 0 Å². The van der Waals surface area contributed by atoms with Crippen LogP contribution in [0.2, 0.25) is 0 Å². The van der Waals surface area contributed by atoms with Gasteiger partial charge < -0.3 is 4.90 Å². The number of piperidine rings is 1. The molecule has 1 nitrogen and oxygen atoms in total. The van der Waals surface area contributed by atoms with E-state index in [-0.39, 0.29) is 0 Å². The molecule has 0 amide bonds. The van der Waals surface area contributed by atoms with Gasteiger partial charge >= 0.3 is 0 Å². The SMILES string of the molecule is Cc1ccccc1C=CN1CCCCC1CCc1ccccc1. The molecule has 1 aliphatic rings. The van der Waals surface area contributed by atoms with E-state index in [9.17, 15) is 0 Å². The summed E-state index contributed by atoms with van der Waals surface area (Å²) in [6.45, 7) is 3.38. The molecule has 1 atom stereocenters. The molecule has 23 heavy (non-hydrogen) atoms. The molecule has 3 rings (SSSR count). The first-order valence-electron chi connectivity index (χ1n) is 8.86. The summed E-state index contributed by atoms with van der Waals surface area (Å²) in [5, 5.41) is 0. The lowest BCUT2D eigenvalue weighted by atomic mass is 9.96. The second kappa shape index (κ2) is 8.01. The number of rotatable bonds is 5. The van der Waals surface area contributed by atoms with Gasteiger partial charge in [-0.2, -0.15) is 0 Å². The Labute approximate surface area is 140 Å². The number of likely N-dealkylation sites (tertiary alicyclic amines) is 1. The van der Waals surface area contributed by atoms with E-state index in [0.29, 0.717) is 6.04 Å². The summed E-state index contributed by atoms with van der Waals surface area (Å²) in [6, 6.07) is 20.2. The summed E-state index contributed by atoms with van der Waals surface area (Å²) in [5.74, 6) is 0. The molecule has 1 aliphatic heterocycles. The molecule has 120 valence electrons. The maximum Gasteiger partial charge on any atom is 0.0287 e. The Hall–Kier alpha value is -2.02. The monoisotopic (exact) mass is 305 g/mol. The summed E-state index contributed by atoms with van der Waals surface area (Å²) in [7, 11) is 0. The second-order valence-corrected chi connectivity index (χ2v) is 6.58. The highest BCUT2D eigenvalue weighted by molar-refractivity contribution is 5.52. The number of nitrogens with zero attached hydrogens (tertiary/aromatic N) is 1. The molecule has 2 aromatic rings. The first-order valence-corrected chi connectivity index (χ1v) is 8.86. The molecule has 1 unspecified atom stereocenters. The van der Waals surface area contributed by atoms with Crippen molar-refractivity contribution in [3.05, 3.63) is 77.5 Å². The molecule has 0 aliphatic carbocycles. The largest absolute Gasteiger partial charge is 0.374 e. The van der Waals surface area contributed by atoms with Crippen LogP contribution in [0.4, 0.5) is 0 Å². The van der Waals surface area contributed by atoms with Gasteiger partial charge in [-0.15, -0.1) is 0 Å². The Bertz CT molecular complexity index is 629. The van der Waals surface area contributed by atoms with Gasteiger partial charge in [-0.25, -0.2) is 0 Å². The summed E-state index contributed by atoms with van der Waals surface area (Å²) < 4.78 is 0. The molecule has 0 radical (unpaired) electrons. The average molecular weight is 305 g/mol. The van der Waals surface area contributed by atoms with Gasteiger partial charge in [-0.1, -0.05) is 54.6 Å². The van der Waals surface area contributed by atoms with Crippen LogP contribution in [0.15, 0.2) is 60.8 Å². The molecule has 1 saturated heterocycles. The van der Waals surface area contributed by atoms with Gasteiger partial charge in [0.1, 0.15) is 0 Å². The average Bonchev–Trinajstić information content (AvgIpc) is 2.61. The first-order chi connectivity index (χ1) is 11.3. The van der Waals surface area contributed by atoms with E-state index in [0.717, 1.165) is 0 Å². The smallest absolute Gasteiger partial charge is 0.0287 e. The predicted molar refractivity (Wildman–Crippen MR) is 99.3 cm³/mol. The number of benzene rings is 2. The highest BCUT2D eigenvalue weighted by atomic mass is 15.1. The van der Waals surface area contributed by atoms with Crippen LogP contribution in [0, 0.1) is 6.92 Å². The number of hydrogen-bond donors (Lipinski definition) is 0. The highest BCUT2D eigenvalue weighted by Crippen LogP contribution is 2.22. The van der Waals surface area contributed by atoms with Crippen molar-refractivity contribution in [2.75, 3.05) is 6.54 Å². The van der Waals surface area contributed by atoms with Crippen molar-refractivity contribution in [3.63, 3.8) is 0 Å². The van der Waals surface area contributed by atoms with Gasteiger partial charge in [0.2, 0.25) is 0 Å². The Morgan fingerprint density at radius 3 is 2.61 bits per heavy atom. The Balaban J connectivity index is 1.63. The summed E-state index contributed by atoms with van der Waals surface area (Å²) in [5.41, 5.74) is 4.14. The molecule has 0 saturated carbocycles.